The van der Waals surface area contributed by atoms with E-state index in [4.69, 9.17) is 5.73 Å². The number of nitrogens with two attached hydrogens (primary N) is 1. The molecule has 0 fully saturated rings. The first kappa shape index (κ1) is 12.4. The van der Waals surface area contributed by atoms with Crippen LogP contribution in [0.1, 0.15) is 0 Å². The van der Waals surface area contributed by atoms with E-state index in [2.05, 4.69) is 4.72 Å². The standard InChI is InChI=1S/C9H14N2O2S2/c1-14-9-5-3-2-4-8(9)11-15(12,13)7-6-10/h2-5,11H,6-7,10H2,1H3. The molecule has 3 N–H and O–H groups in total. The highest BCUT2D eigenvalue weighted by molar-refractivity contribution is 7.99. The zero-order valence-electron chi connectivity index (χ0n) is 8.43. The zero-order valence-corrected chi connectivity index (χ0v) is 10.1. The second kappa shape index (κ2) is 5.39. The van der Waals surface area contributed by atoms with Gasteiger partial charge in [-0.25, -0.2) is 8.42 Å². The number of anilines is 1. The summed E-state index contributed by atoms with van der Waals surface area (Å²) in [6.07, 6.45) is 1.90. The average Bonchev–Trinajstić information content (AvgIpc) is 2.17. The molecule has 0 aliphatic heterocycles. The van der Waals surface area contributed by atoms with Crippen LogP contribution in [-0.4, -0.2) is 27.0 Å². The molecule has 0 aliphatic carbocycles. The van der Waals surface area contributed by atoms with E-state index in [-0.39, 0.29) is 12.3 Å². The molecule has 0 radical (unpaired) electrons. The van der Waals surface area contributed by atoms with Crippen LogP contribution in [-0.2, 0) is 10.0 Å². The molecular formula is C9H14N2O2S2. The van der Waals surface area contributed by atoms with Crippen molar-refractivity contribution >= 4 is 27.5 Å². The molecule has 0 bridgehead atoms. The quantitative estimate of drug-likeness (QED) is 0.763. The van der Waals surface area contributed by atoms with Gasteiger partial charge in [0.25, 0.3) is 0 Å². The summed E-state index contributed by atoms with van der Waals surface area (Å²) in [6.45, 7) is 0.122. The van der Waals surface area contributed by atoms with Crippen molar-refractivity contribution in [3.05, 3.63) is 24.3 Å². The number of rotatable bonds is 5. The summed E-state index contributed by atoms with van der Waals surface area (Å²) in [5.74, 6) is -0.0598. The molecule has 0 heterocycles. The van der Waals surface area contributed by atoms with Gasteiger partial charge in [0, 0.05) is 11.4 Å². The number of thioether (sulfide) groups is 1. The van der Waals surface area contributed by atoms with Crippen molar-refractivity contribution in [3.63, 3.8) is 0 Å². The molecule has 0 spiro atoms. The molecule has 0 aromatic heterocycles. The third-order valence-corrected chi connectivity index (χ3v) is 3.86. The van der Waals surface area contributed by atoms with Gasteiger partial charge in [0.2, 0.25) is 10.0 Å². The summed E-state index contributed by atoms with van der Waals surface area (Å²) in [4.78, 5) is 0.901. The van der Waals surface area contributed by atoms with Crippen LogP contribution in [0.15, 0.2) is 29.2 Å². The Bertz CT molecular complexity index is 418. The van der Waals surface area contributed by atoms with Gasteiger partial charge < -0.3 is 5.73 Å². The van der Waals surface area contributed by atoms with Crippen LogP contribution in [0.2, 0.25) is 0 Å². The highest BCUT2D eigenvalue weighted by Crippen LogP contribution is 2.25. The molecule has 15 heavy (non-hydrogen) atoms. The van der Waals surface area contributed by atoms with Gasteiger partial charge in [0.15, 0.2) is 0 Å². The van der Waals surface area contributed by atoms with Crippen LogP contribution in [0.5, 0.6) is 0 Å². The fourth-order valence-corrected chi connectivity index (χ4v) is 2.65. The number of hydrogen-bond donors (Lipinski definition) is 2. The fourth-order valence-electron chi connectivity index (χ4n) is 1.10. The van der Waals surface area contributed by atoms with Gasteiger partial charge in [0.1, 0.15) is 0 Å². The van der Waals surface area contributed by atoms with Gasteiger partial charge in [-0.1, -0.05) is 12.1 Å². The van der Waals surface area contributed by atoms with Crippen LogP contribution in [0.3, 0.4) is 0 Å². The minimum atomic E-state index is -3.31. The molecule has 6 heteroatoms. The Kier molecular flexibility index (Phi) is 4.44. The Morgan fingerprint density at radius 2 is 2.07 bits per heavy atom. The average molecular weight is 246 g/mol. The van der Waals surface area contributed by atoms with E-state index in [1.54, 1.807) is 12.1 Å². The summed E-state index contributed by atoms with van der Waals surface area (Å²) in [7, 11) is -3.31. The Hall–Kier alpha value is -0.720. The maximum atomic E-state index is 11.5. The summed E-state index contributed by atoms with van der Waals surface area (Å²) in [5, 5.41) is 0. The molecule has 1 rings (SSSR count). The fraction of sp³-hybridized carbons (Fsp3) is 0.333. The monoisotopic (exact) mass is 246 g/mol. The second-order valence-corrected chi connectivity index (χ2v) is 5.60. The van der Waals surface area contributed by atoms with Crippen LogP contribution < -0.4 is 10.5 Å². The van der Waals surface area contributed by atoms with Gasteiger partial charge in [-0.3, -0.25) is 4.72 Å². The van der Waals surface area contributed by atoms with Crippen LogP contribution in [0.4, 0.5) is 5.69 Å². The predicted molar refractivity (Wildman–Crippen MR) is 64.7 cm³/mol. The molecule has 0 aliphatic rings. The summed E-state index contributed by atoms with van der Waals surface area (Å²) < 4.78 is 25.4. The highest BCUT2D eigenvalue weighted by Gasteiger charge is 2.10. The number of benzene rings is 1. The van der Waals surface area contributed by atoms with Crippen LogP contribution in [0, 0.1) is 0 Å². The molecule has 4 nitrogen and oxygen atoms in total. The van der Waals surface area contributed by atoms with E-state index in [9.17, 15) is 8.42 Å². The summed E-state index contributed by atoms with van der Waals surface area (Å²) >= 11 is 1.50. The number of sulfonamides is 1. The zero-order chi connectivity index (χ0) is 11.3. The largest absolute Gasteiger partial charge is 0.329 e. The topological polar surface area (TPSA) is 72.2 Å². The summed E-state index contributed by atoms with van der Waals surface area (Å²) in [5.41, 5.74) is 5.82. The van der Waals surface area contributed by atoms with Crippen LogP contribution in [0.25, 0.3) is 0 Å². The summed E-state index contributed by atoms with van der Waals surface area (Å²) in [6, 6.07) is 7.26. The highest BCUT2D eigenvalue weighted by atomic mass is 32.2. The first-order valence-electron chi connectivity index (χ1n) is 4.42. The minimum absolute atomic E-state index is 0.0598. The molecule has 84 valence electrons. The van der Waals surface area contributed by atoms with E-state index in [1.807, 2.05) is 18.4 Å². The number of para-hydroxylation sites is 1. The maximum Gasteiger partial charge on any atom is 0.234 e. The van der Waals surface area contributed by atoms with Gasteiger partial charge >= 0.3 is 0 Å². The Morgan fingerprint density at radius 1 is 1.40 bits per heavy atom. The molecule has 0 unspecified atom stereocenters. The Morgan fingerprint density at radius 3 is 2.67 bits per heavy atom. The lowest BCUT2D eigenvalue weighted by Crippen LogP contribution is -2.22. The van der Waals surface area contributed by atoms with E-state index in [1.165, 1.54) is 11.8 Å². The van der Waals surface area contributed by atoms with Gasteiger partial charge in [-0.2, -0.15) is 0 Å². The van der Waals surface area contributed by atoms with Crippen molar-refractivity contribution < 1.29 is 8.42 Å². The molecule has 0 saturated heterocycles. The smallest absolute Gasteiger partial charge is 0.234 e. The van der Waals surface area contributed by atoms with E-state index in [0.29, 0.717) is 5.69 Å². The first-order valence-corrected chi connectivity index (χ1v) is 7.30. The molecule has 1 aromatic rings. The van der Waals surface area contributed by atoms with Gasteiger partial charge in [-0.05, 0) is 18.4 Å². The van der Waals surface area contributed by atoms with Crippen molar-refractivity contribution in [2.24, 2.45) is 5.73 Å². The maximum absolute atomic E-state index is 11.5. The predicted octanol–water partition coefficient (Wildman–Crippen LogP) is 1.11. The lowest BCUT2D eigenvalue weighted by molar-refractivity contribution is 0.601. The third kappa shape index (κ3) is 3.73. The lowest BCUT2D eigenvalue weighted by Gasteiger charge is -2.10. The normalized spacial score (nSPS) is 11.3. The van der Waals surface area contributed by atoms with Crippen molar-refractivity contribution in [2.45, 2.75) is 4.90 Å². The number of hydrogen-bond acceptors (Lipinski definition) is 4. The van der Waals surface area contributed by atoms with E-state index in [0.717, 1.165) is 4.90 Å². The van der Waals surface area contributed by atoms with Crippen molar-refractivity contribution in [1.82, 2.24) is 0 Å². The van der Waals surface area contributed by atoms with E-state index >= 15 is 0 Å². The molecule has 0 atom stereocenters. The molecule has 0 amide bonds. The number of nitrogens with one attached hydrogen (secondary N) is 1. The third-order valence-electron chi connectivity index (χ3n) is 1.76. The first-order chi connectivity index (χ1) is 7.09. The van der Waals surface area contributed by atoms with E-state index < -0.39 is 10.0 Å². The SMILES string of the molecule is CSc1ccccc1NS(=O)(=O)CCN. The minimum Gasteiger partial charge on any atom is -0.329 e. The second-order valence-electron chi connectivity index (χ2n) is 2.91. The van der Waals surface area contributed by atoms with Crippen molar-refractivity contribution in [1.29, 1.82) is 0 Å². The van der Waals surface area contributed by atoms with Crippen molar-refractivity contribution in [3.8, 4) is 0 Å². The molecular weight excluding hydrogens is 232 g/mol. The van der Waals surface area contributed by atoms with Crippen molar-refractivity contribution in [2.75, 3.05) is 23.3 Å². The Balaban J connectivity index is 2.89. The van der Waals surface area contributed by atoms with Crippen LogP contribution >= 0.6 is 11.8 Å². The lowest BCUT2D eigenvalue weighted by atomic mass is 10.3. The van der Waals surface area contributed by atoms with Gasteiger partial charge in [-0.15, -0.1) is 11.8 Å². The molecule has 1 aromatic carbocycles. The Labute approximate surface area is 94.3 Å². The molecule has 0 saturated carbocycles. The van der Waals surface area contributed by atoms with Gasteiger partial charge in [0.05, 0.1) is 11.4 Å².